The summed E-state index contributed by atoms with van der Waals surface area (Å²) in [5.41, 5.74) is 0. The van der Waals surface area contributed by atoms with Crippen LogP contribution in [0.25, 0.3) is 0 Å². The molecule has 0 aliphatic carbocycles. The molecule has 7 nitrogen and oxygen atoms in total. The number of halogens is 1. The third kappa shape index (κ3) is 9.38. The molecule has 1 unspecified atom stereocenters. The molecule has 1 fully saturated rings. The van der Waals surface area contributed by atoms with Crippen LogP contribution >= 0.6 is 24.0 Å². The molecule has 24 heavy (non-hydrogen) atoms. The van der Waals surface area contributed by atoms with E-state index in [4.69, 9.17) is 0 Å². The fraction of sp³-hybridized carbons (Fsp3) is 0.933. The fourth-order valence-electron chi connectivity index (χ4n) is 2.84. The topological polar surface area (TPSA) is 85.8 Å². The molecule has 1 aliphatic rings. The minimum Gasteiger partial charge on any atom is -0.355 e. The maximum Gasteiger partial charge on any atom is 0.211 e. The van der Waals surface area contributed by atoms with Gasteiger partial charge in [0.05, 0.1) is 5.75 Å². The van der Waals surface area contributed by atoms with E-state index in [2.05, 4.69) is 32.2 Å². The smallest absolute Gasteiger partial charge is 0.211 e. The van der Waals surface area contributed by atoms with Gasteiger partial charge in [-0.1, -0.05) is 13.3 Å². The fourth-order valence-corrected chi connectivity index (χ4v) is 3.46. The average Bonchev–Trinajstić information content (AvgIpc) is 2.57. The van der Waals surface area contributed by atoms with Crippen LogP contribution in [0.1, 0.15) is 39.5 Å². The molecule has 1 aliphatic heterocycles. The Balaban J connectivity index is 0.00000529. The van der Waals surface area contributed by atoms with E-state index in [9.17, 15) is 8.42 Å². The highest BCUT2D eigenvalue weighted by Gasteiger charge is 2.19. The molecular formula is C15H34IN5O2S. The van der Waals surface area contributed by atoms with Gasteiger partial charge in [0.25, 0.3) is 0 Å². The van der Waals surface area contributed by atoms with E-state index in [1.54, 1.807) is 14.0 Å². The maximum atomic E-state index is 11.3. The van der Waals surface area contributed by atoms with Crippen LogP contribution < -0.4 is 15.4 Å². The summed E-state index contributed by atoms with van der Waals surface area (Å²) in [4.78, 5) is 6.72. The van der Waals surface area contributed by atoms with Gasteiger partial charge in [0.1, 0.15) is 0 Å². The van der Waals surface area contributed by atoms with Gasteiger partial charge in [-0.05, 0) is 32.7 Å². The molecule has 0 radical (unpaired) electrons. The number of likely N-dealkylation sites (tertiary alicyclic amines) is 1. The first-order valence-electron chi connectivity index (χ1n) is 8.68. The summed E-state index contributed by atoms with van der Waals surface area (Å²) in [7, 11) is -1.40. The molecule has 3 N–H and O–H groups in total. The van der Waals surface area contributed by atoms with E-state index in [1.165, 1.54) is 32.2 Å². The van der Waals surface area contributed by atoms with Gasteiger partial charge < -0.3 is 10.6 Å². The van der Waals surface area contributed by atoms with Crippen LogP contribution in [0.2, 0.25) is 0 Å². The van der Waals surface area contributed by atoms with Crippen LogP contribution in [0.15, 0.2) is 4.99 Å². The van der Waals surface area contributed by atoms with Crippen molar-refractivity contribution >= 4 is 40.0 Å². The molecule has 1 rings (SSSR count). The Morgan fingerprint density at radius 3 is 2.50 bits per heavy atom. The molecule has 1 heterocycles. The van der Waals surface area contributed by atoms with Gasteiger partial charge in [0.15, 0.2) is 5.96 Å². The summed E-state index contributed by atoms with van der Waals surface area (Å²) >= 11 is 0. The predicted molar refractivity (Wildman–Crippen MR) is 112 cm³/mol. The SMILES string of the molecule is CCC1CCCCN1CCNC(=NC)NCCNS(=O)(=O)CC.I. The number of aliphatic imine (C=N–C) groups is 1. The Hall–Kier alpha value is -0.130. The highest BCUT2D eigenvalue weighted by molar-refractivity contribution is 14.0. The first kappa shape index (κ1) is 23.9. The molecule has 0 aromatic heterocycles. The molecule has 0 aromatic rings. The summed E-state index contributed by atoms with van der Waals surface area (Å²) in [5, 5.41) is 6.42. The molecule has 0 spiro atoms. The van der Waals surface area contributed by atoms with Crippen molar-refractivity contribution in [2.75, 3.05) is 45.5 Å². The Kier molecular flexibility index (Phi) is 13.1. The number of sulfonamides is 1. The number of hydrogen-bond acceptors (Lipinski definition) is 4. The summed E-state index contributed by atoms with van der Waals surface area (Å²) in [6, 6.07) is 0.712. The molecule has 1 atom stereocenters. The van der Waals surface area contributed by atoms with Gasteiger partial charge in [0.2, 0.25) is 10.0 Å². The van der Waals surface area contributed by atoms with E-state index in [-0.39, 0.29) is 29.7 Å². The number of hydrogen-bond donors (Lipinski definition) is 3. The zero-order valence-corrected chi connectivity index (χ0v) is 18.3. The minimum atomic E-state index is -3.12. The second-order valence-corrected chi connectivity index (χ2v) is 7.91. The molecular weight excluding hydrogens is 441 g/mol. The van der Waals surface area contributed by atoms with Crippen LogP contribution in [0, 0.1) is 0 Å². The molecule has 0 saturated carbocycles. The van der Waals surface area contributed by atoms with Crippen LogP contribution in [-0.2, 0) is 10.0 Å². The van der Waals surface area contributed by atoms with E-state index in [0.29, 0.717) is 25.1 Å². The molecule has 144 valence electrons. The van der Waals surface area contributed by atoms with Crippen molar-refractivity contribution in [3.05, 3.63) is 0 Å². The number of piperidine rings is 1. The Bertz CT molecular complexity index is 459. The summed E-state index contributed by atoms with van der Waals surface area (Å²) in [5.74, 6) is 0.819. The lowest BCUT2D eigenvalue weighted by atomic mass is 10.0. The summed E-state index contributed by atoms with van der Waals surface area (Å²) < 4.78 is 25.2. The summed E-state index contributed by atoms with van der Waals surface area (Å²) in [6.45, 7) is 7.80. The zero-order chi connectivity index (χ0) is 17.1. The van der Waals surface area contributed by atoms with E-state index in [1.807, 2.05) is 0 Å². The molecule has 9 heteroatoms. The van der Waals surface area contributed by atoms with Crippen molar-refractivity contribution < 1.29 is 8.42 Å². The second kappa shape index (κ2) is 13.1. The summed E-state index contributed by atoms with van der Waals surface area (Å²) in [6.07, 6.45) is 5.16. The van der Waals surface area contributed by atoms with E-state index < -0.39 is 10.0 Å². The highest BCUT2D eigenvalue weighted by Crippen LogP contribution is 2.18. The zero-order valence-electron chi connectivity index (χ0n) is 15.2. The van der Waals surface area contributed by atoms with Crippen LogP contribution in [0.4, 0.5) is 0 Å². The standard InChI is InChI=1S/C15H33N5O2S.HI/c1-4-14-8-6-7-12-20(14)13-11-18-15(16-3)17-9-10-19-23(21,22)5-2;/h14,19H,4-13H2,1-3H3,(H2,16,17,18);1H. The highest BCUT2D eigenvalue weighted by atomic mass is 127. The lowest BCUT2D eigenvalue weighted by molar-refractivity contribution is 0.147. The first-order valence-corrected chi connectivity index (χ1v) is 10.3. The van der Waals surface area contributed by atoms with Crippen molar-refractivity contribution in [3.63, 3.8) is 0 Å². The third-order valence-corrected chi connectivity index (χ3v) is 5.66. The maximum absolute atomic E-state index is 11.3. The van der Waals surface area contributed by atoms with E-state index in [0.717, 1.165) is 13.1 Å². The molecule has 0 aromatic carbocycles. The molecule has 1 saturated heterocycles. The van der Waals surface area contributed by atoms with Crippen LogP contribution in [0.5, 0.6) is 0 Å². The van der Waals surface area contributed by atoms with Crippen molar-refractivity contribution in [3.8, 4) is 0 Å². The Labute approximate surface area is 164 Å². The van der Waals surface area contributed by atoms with Gasteiger partial charge in [-0.2, -0.15) is 0 Å². The third-order valence-electron chi connectivity index (χ3n) is 4.25. The monoisotopic (exact) mass is 475 g/mol. The Morgan fingerprint density at radius 1 is 1.17 bits per heavy atom. The average molecular weight is 475 g/mol. The first-order chi connectivity index (χ1) is 11.0. The Morgan fingerprint density at radius 2 is 1.88 bits per heavy atom. The van der Waals surface area contributed by atoms with Crippen molar-refractivity contribution in [2.24, 2.45) is 4.99 Å². The number of nitrogens with zero attached hydrogens (tertiary/aromatic N) is 2. The van der Waals surface area contributed by atoms with Gasteiger partial charge in [-0.3, -0.25) is 9.89 Å². The van der Waals surface area contributed by atoms with Gasteiger partial charge in [-0.25, -0.2) is 13.1 Å². The van der Waals surface area contributed by atoms with Gasteiger partial charge in [-0.15, -0.1) is 24.0 Å². The molecule has 0 bridgehead atoms. The quantitative estimate of drug-likeness (QED) is 0.200. The van der Waals surface area contributed by atoms with Crippen LogP contribution in [0.3, 0.4) is 0 Å². The van der Waals surface area contributed by atoms with Crippen molar-refractivity contribution in [1.29, 1.82) is 0 Å². The lowest BCUT2D eigenvalue weighted by Gasteiger charge is -2.35. The lowest BCUT2D eigenvalue weighted by Crippen LogP contribution is -2.47. The molecule has 0 amide bonds. The number of guanidine groups is 1. The minimum absolute atomic E-state index is 0. The van der Waals surface area contributed by atoms with Crippen molar-refractivity contribution in [1.82, 2.24) is 20.3 Å². The largest absolute Gasteiger partial charge is 0.355 e. The van der Waals surface area contributed by atoms with Crippen molar-refractivity contribution in [2.45, 2.75) is 45.6 Å². The normalized spacial score (nSPS) is 19.6. The number of nitrogens with one attached hydrogen (secondary N) is 3. The van der Waals surface area contributed by atoms with E-state index >= 15 is 0 Å². The van der Waals surface area contributed by atoms with Gasteiger partial charge in [0, 0.05) is 39.3 Å². The second-order valence-electron chi connectivity index (χ2n) is 5.82. The van der Waals surface area contributed by atoms with Gasteiger partial charge >= 0.3 is 0 Å². The van der Waals surface area contributed by atoms with Crippen LogP contribution in [-0.4, -0.2) is 70.8 Å². The predicted octanol–water partition coefficient (Wildman–Crippen LogP) is 0.973. The number of rotatable bonds is 9.